The zero-order valence-corrected chi connectivity index (χ0v) is 10.0. The third-order valence-electron chi connectivity index (χ3n) is 3.12. The average Bonchev–Trinajstić information content (AvgIpc) is 2.56. The average molecular weight is 207 g/mol. The summed E-state index contributed by atoms with van der Waals surface area (Å²) in [7, 11) is 4.22. The Morgan fingerprint density at radius 3 is 3.07 bits per heavy atom. The molecule has 1 unspecified atom stereocenters. The van der Waals surface area contributed by atoms with Gasteiger partial charge in [-0.2, -0.15) is 0 Å². The molecule has 15 heavy (non-hydrogen) atoms. The molecular weight excluding hydrogens is 186 g/mol. The molecule has 1 aromatic rings. The molecule has 2 rings (SSSR count). The zero-order chi connectivity index (χ0) is 10.8. The summed E-state index contributed by atoms with van der Waals surface area (Å²) < 4.78 is 2.34. The Bertz CT molecular complexity index is 328. The van der Waals surface area contributed by atoms with Gasteiger partial charge < -0.3 is 9.47 Å². The van der Waals surface area contributed by atoms with Crippen molar-refractivity contribution >= 4 is 0 Å². The van der Waals surface area contributed by atoms with E-state index in [0.717, 1.165) is 31.8 Å². The Morgan fingerprint density at radius 2 is 2.33 bits per heavy atom. The van der Waals surface area contributed by atoms with Crippen LogP contribution in [0.25, 0.3) is 0 Å². The van der Waals surface area contributed by atoms with Gasteiger partial charge in [-0.15, -0.1) is 0 Å². The van der Waals surface area contributed by atoms with Gasteiger partial charge in [0.15, 0.2) is 0 Å². The third kappa shape index (κ3) is 2.59. The fourth-order valence-corrected chi connectivity index (χ4v) is 2.10. The Balaban J connectivity index is 2.03. The SMILES string of the molecule is CC1CCn2cc(CCN(C)C)nc2C1. The van der Waals surface area contributed by atoms with Crippen LogP contribution in [-0.2, 0) is 19.4 Å². The minimum Gasteiger partial charge on any atom is -0.335 e. The fraction of sp³-hybridized carbons (Fsp3) is 0.750. The van der Waals surface area contributed by atoms with Gasteiger partial charge in [-0.1, -0.05) is 6.92 Å². The lowest BCUT2D eigenvalue weighted by Crippen LogP contribution is -2.16. The second-order valence-electron chi connectivity index (χ2n) is 4.99. The van der Waals surface area contributed by atoms with E-state index in [9.17, 15) is 0 Å². The number of hydrogen-bond acceptors (Lipinski definition) is 2. The second kappa shape index (κ2) is 4.35. The van der Waals surface area contributed by atoms with E-state index in [2.05, 4.69) is 36.7 Å². The zero-order valence-electron chi connectivity index (χ0n) is 10.0. The molecule has 0 bridgehead atoms. The van der Waals surface area contributed by atoms with E-state index in [1.54, 1.807) is 0 Å². The van der Waals surface area contributed by atoms with Crippen molar-refractivity contribution in [3.8, 4) is 0 Å². The van der Waals surface area contributed by atoms with E-state index in [-0.39, 0.29) is 0 Å². The number of imidazole rings is 1. The van der Waals surface area contributed by atoms with Crippen LogP contribution in [0.1, 0.15) is 24.9 Å². The number of aryl methyl sites for hydroxylation is 1. The van der Waals surface area contributed by atoms with E-state index >= 15 is 0 Å². The molecule has 1 aliphatic rings. The van der Waals surface area contributed by atoms with E-state index in [1.165, 1.54) is 17.9 Å². The third-order valence-corrected chi connectivity index (χ3v) is 3.12. The monoisotopic (exact) mass is 207 g/mol. The molecule has 0 saturated heterocycles. The molecule has 0 amide bonds. The molecule has 1 aliphatic heterocycles. The molecule has 0 fully saturated rings. The highest BCUT2D eigenvalue weighted by Gasteiger charge is 2.16. The summed E-state index contributed by atoms with van der Waals surface area (Å²) in [6.45, 7) is 4.56. The topological polar surface area (TPSA) is 21.1 Å². The molecule has 1 aromatic heterocycles. The van der Waals surface area contributed by atoms with Crippen LogP contribution in [0.2, 0.25) is 0 Å². The Kier molecular flexibility index (Phi) is 3.10. The first-order valence-corrected chi connectivity index (χ1v) is 5.85. The molecule has 0 spiro atoms. The van der Waals surface area contributed by atoms with Crippen LogP contribution >= 0.6 is 0 Å². The molecule has 3 nitrogen and oxygen atoms in total. The van der Waals surface area contributed by atoms with Crippen LogP contribution in [0.15, 0.2) is 6.20 Å². The number of rotatable bonds is 3. The Labute approximate surface area is 92.1 Å². The number of fused-ring (bicyclic) bond motifs is 1. The van der Waals surface area contributed by atoms with Gasteiger partial charge >= 0.3 is 0 Å². The maximum atomic E-state index is 4.71. The van der Waals surface area contributed by atoms with Crippen LogP contribution < -0.4 is 0 Å². The highest BCUT2D eigenvalue weighted by Crippen LogP contribution is 2.19. The van der Waals surface area contributed by atoms with Gasteiger partial charge in [-0.05, 0) is 26.4 Å². The van der Waals surface area contributed by atoms with Crippen molar-refractivity contribution in [3.63, 3.8) is 0 Å². The lowest BCUT2D eigenvalue weighted by atomic mass is 10.0. The minimum absolute atomic E-state index is 0.807. The van der Waals surface area contributed by atoms with E-state index in [4.69, 9.17) is 4.98 Å². The summed E-state index contributed by atoms with van der Waals surface area (Å²) in [4.78, 5) is 6.92. The van der Waals surface area contributed by atoms with Crippen LogP contribution in [0.4, 0.5) is 0 Å². The molecule has 0 N–H and O–H groups in total. The molecule has 2 heterocycles. The summed E-state index contributed by atoms with van der Waals surface area (Å²) in [5, 5.41) is 0. The van der Waals surface area contributed by atoms with Crippen LogP contribution in [0.3, 0.4) is 0 Å². The highest BCUT2D eigenvalue weighted by atomic mass is 15.1. The van der Waals surface area contributed by atoms with Gasteiger partial charge in [0.1, 0.15) is 5.82 Å². The van der Waals surface area contributed by atoms with Crippen molar-refractivity contribution in [1.82, 2.24) is 14.5 Å². The quantitative estimate of drug-likeness (QED) is 0.750. The first-order valence-electron chi connectivity index (χ1n) is 5.85. The van der Waals surface area contributed by atoms with Gasteiger partial charge in [0.05, 0.1) is 5.69 Å². The number of aromatic nitrogens is 2. The van der Waals surface area contributed by atoms with Crippen molar-refractivity contribution in [3.05, 3.63) is 17.7 Å². The molecule has 0 radical (unpaired) electrons. The molecule has 84 valence electrons. The fourth-order valence-electron chi connectivity index (χ4n) is 2.10. The maximum Gasteiger partial charge on any atom is 0.109 e. The standard InChI is InChI=1S/C12H21N3/c1-10-4-7-15-9-11(5-6-14(2)3)13-12(15)8-10/h9-10H,4-8H2,1-3H3. The van der Waals surface area contributed by atoms with Gasteiger partial charge in [-0.25, -0.2) is 4.98 Å². The first kappa shape index (κ1) is 10.7. The maximum absolute atomic E-state index is 4.71. The summed E-state index contributed by atoms with van der Waals surface area (Å²) in [5.41, 5.74) is 1.26. The number of nitrogens with zero attached hydrogens (tertiary/aromatic N) is 3. The Hall–Kier alpha value is -0.830. The van der Waals surface area contributed by atoms with E-state index in [1.807, 2.05) is 0 Å². The minimum atomic E-state index is 0.807. The second-order valence-corrected chi connectivity index (χ2v) is 4.99. The lowest BCUT2D eigenvalue weighted by Gasteiger charge is -2.18. The van der Waals surface area contributed by atoms with Crippen molar-refractivity contribution in [2.24, 2.45) is 5.92 Å². The highest BCUT2D eigenvalue weighted by molar-refractivity contribution is 5.07. The van der Waals surface area contributed by atoms with Crippen molar-refractivity contribution in [2.75, 3.05) is 20.6 Å². The lowest BCUT2D eigenvalue weighted by molar-refractivity contribution is 0.409. The van der Waals surface area contributed by atoms with Gasteiger partial charge in [0, 0.05) is 32.1 Å². The molecule has 0 aliphatic carbocycles. The largest absolute Gasteiger partial charge is 0.335 e. The predicted molar refractivity (Wildman–Crippen MR) is 62.0 cm³/mol. The van der Waals surface area contributed by atoms with Gasteiger partial charge in [-0.3, -0.25) is 0 Å². The summed E-state index contributed by atoms with van der Waals surface area (Å²) in [5.74, 6) is 2.10. The normalized spacial score (nSPS) is 20.7. The van der Waals surface area contributed by atoms with E-state index < -0.39 is 0 Å². The molecule has 1 atom stereocenters. The van der Waals surface area contributed by atoms with Crippen LogP contribution in [0.5, 0.6) is 0 Å². The molecular formula is C12H21N3. The van der Waals surface area contributed by atoms with Gasteiger partial charge in [0.2, 0.25) is 0 Å². The Morgan fingerprint density at radius 1 is 1.53 bits per heavy atom. The molecule has 0 saturated carbocycles. The summed E-state index contributed by atoms with van der Waals surface area (Å²) in [6.07, 6.45) is 5.77. The number of hydrogen-bond donors (Lipinski definition) is 0. The number of likely N-dealkylation sites (N-methyl/N-ethyl adjacent to an activating group) is 1. The summed E-state index contributed by atoms with van der Waals surface area (Å²) in [6, 6.07) is 0. The van der Waals surface area contributed by atoms with Crippen molar-refractivity contribution in [1.29, 1.82) is 0 Å². The smallest absolute Gasteiger partial charge is 0.109 e. The predicted octanol–water partition coefficient (Wildman–Crippen LogP) is 1.57. The molecule has 0 aromatic carbocycles. The van der Waals surface area contributed by atoms with Gasteiger partial charge in [0.25, 0.3) is 0 Å². The molecule has 3 heteroatoms. The summed E-state index contributed by atoms with van der Waals surface area (Å²) >= 11 is 0. The van der Waals surface area contributed by atoms with Crippen molar-refractivity contribution in [2.45, 2.75) is 32.7 Å². The van der Waals surface area contributed by atoms with E-state index in [0.29, 0.717) is 0 Å². The van der Waals surface area contributed by atoms with Crippen molar-refractivity contribution < 1.29 is 0 Å². The van der Waals surface area contributed by atoms with Crippen LogP contribution in [0, 0.1) is 5.92 Å². The first-order chi connectivity index (χ1) is 7.15. The van der Waals surface area contributed by atoms with Crippen LogP contribution in [-0.4, -0.2) is 35.1 Å².